The first-order valence-corrected chi connectivity index (χ1v) is 9.82. The van der Waals surface area contributed by atoms with E-state index in [1.807, 2.05) is 0 Å². The molecule has 0 spiro atoms. The highest BCUT2D eigenvalue weighted by atomic mass is 16.4. The van der Waals surface area contributed by atoms with E-state index in [4.69, 9.17) is 10.2 Å². The third kappa shape index (κ3) is 19.2. The maximum absolute atomic E-state index is 10.3. The summed E-state index contributed by atoms with van der Waals surface area (Å²) in [6.07, 6.45) is 19.0. The lowest BCUT2D eigenvalue weighted by Gasteiger charge is -2.09. The molecule has 0 aromatic heterocycles. The molecule has 3 N–H and O–H groups in total. The number of aliphatic hydroxyl groups is 2. The minimum absolute atomic E-state index is 0.148. The van der Waals surface area contributed by atoms with Crippen molar-refractivity contribution < 1.29 is 20.1 Å². The summed E-state index contributed by atoms with van der Waals surface area (Å²) in [5.74, 6) is -0.703. The van der Waals surface area contributed by atoms with Gasteiger partial charge in [0.25, 0.3) is 0 Å². The molecule has 4 nitrogen and oxygen atoms in total. The number of aliphatic carboxylic acids is 1. The molecule has 0 rings (SSSR count). The second kappa shape index (κ2) is 18.5. The molecule has 0 heterocycles. The van der Waals surface area contributed by atoms with Crippen molar-refractivity contribution in [3.05, 3.63) is 12.2 Å². The number of rotatable bonds is 18. The average Bonchev–Trinajstić information content (AvgIpc) is 2.55. The molecular formula is C20H38O4. The molecule has 24 heavy (non-hydrogen) atoms. The Labute approximate surface area is 148 Å². The van der Waals surface area contributed by atoms with Crippen LogP contribution in [0.2, 0.25) is 0 Å². The van der Waals surface area contributed by atoms with Crippen LogP contribution in [0.15, 0.2) is 12.2 Å². The van der Waals surface area contributed by atoms with E-state index in [1.54, 1.807) is 0 Å². The quantitative estimate of drug-likeness (QED) is 0.246. The van der Waals surface area contributed by atoms with Gasteiger partial charge in [0.2, 0.25) is 0 Å². The Morgan fingerprint density at radius 1 is 0.750 bits per heavy atom. The van der Waals surface area contributed by atoms with Gasteiger partial charge in [-0.25, -0.2) is 0 Å². The number of unbranched alkanes of at least 4 members (excludes halogenated alkanes) is 9. The monoisotopic (exact) mass is 342 g/mol. The molecule has 0 aliphatic carbocycles. The van der Waals surface area contributed by atoms with Crippen molar-refractivity contribution in [3.8, 4) is 0 Å². The molecular weight excluding hydrogens is 304 g/mol. The van der Waals surface area contributed by atoms with Gasteiger partial charge in [-0.15, -0.1) is 0 Å². The van der Waals surface area contributed by atoms with Crippen molar-refractivity contribution >= 4 is 5.97 Å². The predicted molar refractivity (Wildman–Crippen MR) is 99.1 cm³/mol. The van der Waals surface area contributed by atoms with E-state index >= 15 is 0 Å². The zero-order chi connectivity index (χ0) is 17.9. The summed E-state index contributed by atoms with van der Waals surface area (Å²) in [4.78, 5) is 10.3. The summed E-state index contributed by atoms with van der Waals surface area (Å²) in [6, 6.07) is 0. The van der Waals surface area contributed by atoms with E-state index in [-0.39, 0.29) is 19.1 Å². The Morgan fingerprint density at radius 3 is 1.79 bits per heavy atom. The fourth-order valence-electron chi connectivity index (χ4n) is 2.76. The Morgan fingerprint density at radius 2 is 1.25 bits per heavy atom. The van der Waals surface area contributed by atoms with E-state index in [0.717, 1.165) is 70.6 Å². The van der Waals surface area contributed by atoms with Gasteiger partial charge < -0.3 is 15.3 Å². The molecule has 4 heteroatoms. The van der Waals surface area contributed by atoms with Crippen molar-refractivity contribution in [3.63, 3.8) is 0 Å². The van der Waals surface area contributed by atoms with Crippen LogP contribution in [0.3, 0.4) is 0 Å². The van der Waals surface area contributed by atoms with Crippen molar-refractivity contribution in [2.24, 2.45) is 0 Å². The number of carbonyl (C=O) groups is 1. The fraction of sp³-hybridized carbons (Fsp3) is 0.850. The van der Waals surface area contributed by atoms with Crippen LogP contribution >= 0.6 is 0 Å². The SMILES string of the molecule is O=C(O)CCCC/C=C\CCCCCC[C@@H](O)CCCCCCO. The summed E-state index contributed by atoms with van der Waals surface area (Å²) in [5.41, 5.74) is 0. The van der Waals surface area contributed by atoms with Crippen molar-refractivity contribution in [2.45, 2.75) is 102 Å². The highest BCUT2D eigenvalue weighted by molar-refractivity contribution is 5.66. The van der Waals surface area contributed by atoms with Gasteiger partial charge in [0.1, 0.15) is 0 Å². The van der Waals surface area contributed by atoms with Gasteiger partial charge in [-0.3, -0.25) is 4.79 Å². The Kier molecular flexibility index (Phi) is 17.8. The van der Waals surface area contributed by atoms with E-state index in [9.17, 15) is 9.90 Å². The van der Waals surface area contributed by atoms with Crippen molar-refractivity contribution in [1.29, 1.82) is 0 Å². The van der Waals surface area contributed by atoms with Crippen LogP contribution in [-0.2, 0) is 4.79 Å². The van der Waals surface area contributed by atoms with Crippen LogP contribution < -0.4 is 0 Å². The van der Waals surface area contributed by atoms with E-state index < -0.39 is 5.97 Å². The van der Waals surface area contributed by atoms with Gasteiger partial charge in [-0.1, -0.05) is 50.7 Å². The number of aliphatic hydroxyl groups excluding tert-OH is 2. The molecule has 1 atom stereocenters. The van der Waals surface area contributed by atoms with Crippen LogP contribution in [0.5, 0.6) is 0 Å². The zero-order valence-electron chi connectivity index (χ0n) is 15.3. The van der Waals surface area contributed by atoms with Crippen LogP contribution in [0.25, 0.3) is 0 Å². The molecule has 0 saturated carbocycles. The minimum atomic E-state index is -0.703. The highest BCUT2D eigenvalue weighted by Gasteiger charge is 2.03. The average molecular weight is 343 g/mol. The third-order valence-corrected chi connectivity index (χ3v) is 4.28. The fourth-order valence-corrected chi connectivity index (χ4v) is 2.76. The van der Waals surface area contributed by atoms with Gasteiger partial charge in [0, 0.05) is 13.0 Å². The topological polar surface area (TPSA) is 77.8 Å². The highest BCUT2D eigenvalue weighted by Crippen LogP contribution is 2.13. The first-order valence-electron chi connectivity index (χ1n) is 9.82. The lowest BCUT2D eigenvalue weighted by Crippen LogP contribution is -2.05. The van der Waals surface area contributed by atoms with Crippen molar-refractivity contribution in [1.82, 2.24) is 0 Å². The number of allylic oxidation sites excluding steroid dienone is 2. The van der Waals surface area contributed by atoms with Gasteiger partial charge in [-0.05, 0) is 51.4 Å². The van der Waals surface area contributed by atoms with E-state index in [0.29, 0.717) is 0 Å². The molecule has 0 aromatic rings. The standard InChI is InChI=1S/C20H38O4/c21-18-14-10-9-12-16-19(22)15-11-7-5-3-1-2-4-6-8-13-17-20(23)24/h2,4,19,21-22H,1,3,5-18H2,(H,23,24)/b4-2-/t19-/m1/s1. The number of hydrogen-bond acceptors (Lipinski definition) is 3. The molecule has 0 amide bonds. The van der Waals surface area contributed by atoms with Crippen LogP contribution in [-0.4, -0.2) is 34.0 Å². The number of hydrogen-bond donors (Lipinski definition) is 3. The molecule has 0 aliphatic heterocycles. The van der Waals surface area contributed by atoms with E-state index in [2.05, 4.69) is 12.2 Å². The van der Waals surface area contributed by atoms with Gasteiger partial charge in [0.05, 0.1) is 6.10 Å². The third-order valence-electron chi connectivity index (χ3n) is 4.28. The van der Waals surface area contributed by atoms with Gasteiger partial charge in [0.15, 0.2) is 0 Å². The lowest BCUT2D eigenvalue weighted by molar-refractivity contribution is -0.137. The summed E-state index contributed by atoms with van der Waals surface area (Å²) in [5, 5.41) is 27.1. The van der Waals surface area contributed by atoms with Gasteiger partial charge >= 0.3 is 5.97 Å². The Hall–Kier alpha value is -0.870. The minimum Gasteiger partial charge on any atom is -0.481 e. The summed E-state index contributed by atoms with van der Waals surface area (Å²) >= 11 is 0. The number of carboxylic acid groups (broad SMARTS) is 1. The second-order valence-electron chi connectivity index (χ2n) is 6.68. The van der Waals surface area contributed by atoms with Crippen LogP contribution in [0.4, 0.5) is 0 Å². The maximum Gasteiger partial charge on any atom is 0.303 e. The van der Waals surface area contributed by atoms with Crippen LogP contribution in [0, 0.1) is 0 Å². The van der Waals surface area contributed by atoms with Crippen molar-refractivity contribution in [2.75, 3.05) is 6.61 Å². The van der Waals surface area contributed by atoms with Gasteiger partial charge in [-0.2, -0.15) is 0 Å². The zero-order valence-corrected chi connectivity index (χ0v) is 15.3. The summed E-state index contributed by atoms with van der Waals surface area (Å²) in [6.45, 7) is 0.280. The normalized spacial score (nSPS) is 12.8. The smallest absolute Gasteiger partial charge is 0.303 e. The first kappa shape index (κ1) is 23.1. The molecule has 0 unspecified atom stereocenters. The number of carboxylic acids is 1. The van der Waals surface area contributed by atoms with E-state index in [1.165, 1.54) is 19.3 Å². The molecule has 0 radical (unpaired) electrons. The molecule has 0 fully saturated rings. The maximum atomic E-state index is 10.3. The Bertz CT molecular complexity index is 302. The predicted octanol–water partition coefficient (Wildman–Crippen LogP) is 4.83. The van der Waals surface area contributed by atoms with Crippen LogP contribution in [0.1, 0.15) is 96.3 Å². The molecule has 0 aliphatic rings. The largest absolute Gasteiger partial charge is 0.481 e. The summed E-state index contributed by atoms with van der Waals surface area (Å²) < 4.78 is 0. The lowest BCUT2D eigenvalue weighted by atomic mass is 10.0. The molecule has 142 valence electrons. The Balaban J connectivity index is 3.22. The molecule has 0 saturated heterocycles. The second-order valence-corrected chi connectivity index (χ2v) is 6.68. The molecule has 0 aromatic carbocycles. The first-order chi connectivity index (χ1) is 11.7. The summed E-state index contributed by atoms with van der Waals surface area (Å²) in [7, 11) is 0. The molecule has 0 bridgehead atoms.